The van der Waals surface area contributed by atoms with Crippen molar-refractivity contribution >= 4 is 0 Å². The minimum atomic E-state index is 0.335. The second-order valence-corrected chi connectivity index (χ2v) is 5.60. The lowest BCUT2D eigenvalue weighted by Crippen LogP contribution is -2.36. The van der Waals surface area contributed by atoms with Gasteiger partial charge in [0, 0.05) is 13.7 Å². The number of unbranched alkanes of at least 4 members (excludes halogenated alkanes) is 1. The summed E-state index contributed by atoms with van der Waals surface area (Å²) in [4.78, 5) is 0. The lowest BCUT2D eigenvalue weighted by atomic mass is 9.69. The molecule has 1 aromatic rings. The van der Waals surface area contributed by atoms with Crippen LogP contribution in [0, 0.1) is 5.41 Å². The van der Waals surface area contributed by atoms with Crippen molar-refractivity contribution in [1.82, 2.24) is 0 Å². The lowest BCUT2D eigenvalue weighted by Gasteiger charge is -2.37. The summed E-state index contributed by atoms with van der Waals surface area (Å²) in [7, 11) is 1.77. The highest BCUT2D eigenvalue weighted by Crippen LogP contribution is 2.38. The lowest BCUT2D eigenvalue weighted by molar-refractivity contribution is 0.175. The van der Waals surface area contributed by atoms with Crippen molar-refractivity contribution in [2.75, 3.05) is 20.3 Å². The van der Waals surface area contributed by atoms with Crippen LogP contribution in [0.5, 0.6) is 0 Å². The van der Waals surface area contributed by atoms with Crippen LogP contribution in [0.25, 0.3) is 0 Å². The summed E-state index contributed by atoms with van der Waals surface area (Å²) < 4.78 is 5.12. The normalized spacial score (nSPS) is 22.8. The second-order valence-electron chi connectivity index (χ2n) is 5.60. The molecule has 1 unspecified atom stereocenters. The number of hydrogen-bond donors (Lipinski definition) is 1. The largest absolute Gasteiger partial charge is 0.385 e. The first-order valence-electron chi connectivity index (χ1n) is 7.05. The first kappa shape index (κ1) is 13.6. The van der Waals surface area contributed by atoms with Gasteiger partial charge in [0.1, 0.15) is 0 Å². The highest BCUT2D eigenvalue weighted by atomic mass is 16.5. The summed E-state index contributed by atoms with van der Waals surface area (Å²) in [6, 6.07) is 8.83. The summed E-state index contributed by atoms with van der Waals surface area (Å²) in [5, 5.41) is 0. The van der Waals surface area contributed by atoms with Gasteiger partial charge >= 0.3 is 0 Å². The number of nitrogens with two attached hydrogens (primary N) is 1. The number of fused-ring (bicyclic) bond motifs is 1. The molecule has 0 spiro atoms. The number of ether oxygens (including phenoxy) is 1. The molecule has 1 aliphatic rings. The second kappa shape index (κ2) is 6.35. The average Bonchev–Trinajstić information content (AvgIpc) is 2.43. The van der Waals surface area contributed by atoms with E-state index in [9.17, 15) is 0 Å². The molecule has 0 radical (unpaired) electrons. The van der Waals surface area contributed by atoms with Crippen molar-refractivity contribution < 1.29 is 4.74 Å². The molecule has 2 nitrogen and oxygen atoms in total. The van der Waals surface area contributed by atoms with E-state index < -0.39 is 0 Å². The quantitative estimate of drug-likeness (QED) is 0.784. The summed E-state index contributed by atoms with van der Waals surface area (Å²) in [5.74, 6) is 0. The van der Waals surface area contributed by atoms with Crippen molar-refractivity contribution in [2.45, 2.75) is 38.5 Å². The molecule has 2 rings (SSSR count). The van der Waals surface area contributed by atoms with Crippen LogP contribution in [0.3, 0.4) is 0 Å². The fraction of sp³-hybridized carbons (Fsp3) is 0.625. The van der Waals surface area contributed by atoms with E-state index in [0.717, 1.165) is 26.0 Å². The third-order valence-corrected chi connectivity index (χ3v) is 4.35. The van der Waals surface area contributed by atoms with E-state index in [4.69, 9.17) is 10.5 Å². The average molecular weight is 247 g/mol. The molecule has 0 bridgehead atoms. The zero-order valence-electron chi connectivity index (χ0n) is 11.5. The molecule has 2 heteroatoms. The molecule has 0 fully saturated rings. The van der Waals surface area contributed by atoms with Crippen LogP contribution in [-0.2, 0) is 17.6 Å². The maximum Gasteiger partial charge on any atom is 0.0462 e. The molecule has 0 saturated carbocycles. The van der Waals surface area contributed by atoms with Crippen LogP contribution in [-0.4, -0.2) is 20.3 Å². The molecule has 0 aromatic heterocycles. The van der Waals surface area contributed by atoms with Gasteiger partial charge in [-0.15, -0.1) is 0 Å². The van der Waals surface area contributed by atoms with Crippen LogP contribution >= 0.6 is 0 Å². The Morgan fingerprint density at radius 3 is 2.72 bits per heavy atom. The Kier molecular flexibility index (Phi) is 4.79. The third-order valence-electron chi connectivity index (χ3n) is 4.35. The van der Waals surface area contributed by atoms with Crippen molar-refractivity contribution in [2.24, 2.45) is 11.1 Å². The molecule has 18 heavy (non-hydrogen) atoms. The summed E-state index contributed by atoms with van der Waals surface area (Å²) in [5.41, 5.74) is 9.46. The molecule has 1 aliphatic carbocycles. The zero-order valence-corrected chi connectivity index (χ0v) is 11.5. The molecule has 100 valence electrons. The number of rotatable bonds is 6. The van der Waals surface area contributed by atoms with Crippen LogP contribution in [0.2, 0.25) is 0 Å². The maximum absolute atomic E-state index is 6.08. The van der Waals surface area contributed by atoms with Gasteiger partial charge in [-0.25, -0.2) is 0 Å². The van der Waals surface area contributed by atoms with E-state index in [1.165, 1.54) is 36.8 Å². The Bertz CT molecular complexity index is 377. The standard InChI is InChI=1S/C16H25NO/c1-18-11-5-4-9-16(13-17)10-8-14-6-2-3-7-15(14)12-16/h2-3,6-7H,4-5,8-13,17H2,1H3. The van der Waals surface area contributed by atoms with Crippen molar-refractivity contribution in [3.63, 3.8) is 0 Å². The van der Waals surface area contributed by atoms with Crippen LogP contribution in [0.1, 0.15) is 36.8 Å². The van der Waals surface area contributed by atoms with Crippen LogP contribution in [0.15, 0.2) is 24.3 Å². The molecular formula is C16H25NO. The minimum absolute atomic E-state index is 0.335. The molecule has 1 aromatic carbocycles. The van der Waals surface area contributed by atoms with E-state index in [-0.39, 0.29) is 0 Å². The first-order valence-corrected chi connectivity index (χ1v) is 7.05. The van der Waals surface area contributed by atoms with Gasteiger partial charge in [0.05, 0.1) is 0 Å². The molecule has 2 N–H and O–H groups in total. The summed E-state index contributed by atoms with van der Waals surface area (Å²) in [6.45, 7) is 1.69. The topological polar surface area (TPSA) is 35.2 Å². The van der Waals surface area contributed by atoms with Gasteiger partial charge in [0.2, 0.25) is 0 Å². The van der Waals surface area contributed by atoms with Gasteiger partial charge in [0.25, 0.3) is 0 Å². The van der Waals surface area contributed by atoms with E-state index in [0.29, 0.717) is 5.41 Å². The number of hydrogen-bond acceptors (Lipinski definition) is 2. The number of benzene rings is 1. The zero-order chi connectivity index (χ0) is 12.8. The Morgan fingerprint density at radius 1 is 1.22 bits per heavy atom. The van der Waals surface area contributed by atoms with Crippen LogP contribution in [0.4, 0.5) is 0 Å². The van der Waals surface area contributed by atoms with E-state index in [1.807, 2.05) is 0 Å². The first-order chi connectivity index (χ1) is 8.79. The monoisotopic (exact) mass is 247 g/mol. The van der Waals surface area contributed by atoms with Gasteiger partial charge in [0.15, 0.2) is 0 Å². The molecule has 1 atom stereocenters. The van der Waals surface area contributed by atoms with Crippen molar-refractivity contribution in [3.8, 4) is 0 Å². The SMILES string of the molecule is COCCCCC1(CN)CCc2ccccc2C1. The molecule has 0 aliphatic heterocycles. The fourth-order valence-electron chi connectivity index (χ4n) is 3.10. The van der Waals surface area contributed by atoms with E-state index >= 15 is 0 Å². The predicted molar refractivity (Wildman–Crippen MR) is 75.7 cm³/mol. The van der Waals surface area contributed by atoms with Crippen molar-refractivity contribution in [1.29, 1.82) is 0 Å². The Labute approximate surface area is 111 Å². The van der Waals surface area contributed by atoms with Gasteiger partial charge in [-0.1, -0.05) is 30.7 Å². The molecule has 0 heterocycles. The maximum atomic E-state index is 6.08. The smallest absolute Gasteiger partial charge is 0.0462 e. The van der Waals surface area contributed by atoms with E-state index in [2.05, 4.69) is 24.3 Å². The summed E-state index contributed by atoms with van der Waals surface area (Å²) >= 11 is 0. The van der Waals surface area contributed by atoms with Crippen molar-refractivity contribution in [3.05, 3.63) is 35.4 Å². The van der Waals surface area contributed by atoms with Gasteiger partial charge in [-0.05, 0) is 55.2 Å². The Balaban J connectivity index is 1.98. The van der Waals surface area contributed by atoms with Gasteiger partial charge in [-0.2, -0.15) is 0 Å². The third kappa shape index (κ3) is 3.12. The fourth-order valence-corrected chi connectivity index (χ4v) is 3.10. The molecular weight excluding hydrogens is 222 g/mol. The van der Waals surface area contributed by atoms with E-state index in [1.54, 1.807) is 7.11 Å². The molecule has 0 saturated heterocycles. The minimum Gasteiger partial charge on any atom is -0.385 e. The number of methoxy groups -OCH3 is 1. The van der Waals surface area contributed by atoms with Crippen LogP contribution < -0.4 is 5.73 Å². The Hall–Kier alpha value is -0.860. The highest BCUT2D eigenvalue weighted by Gasteiger charge is 2.32. The Morgan fingerprint density at radius 2 is 2.00 bits per heavy atom. The van der Waals surface area contributed by atoms with Gasteiger partial charge in [-0.3, -0.25) is 0 Å². The van der Waals surface area contributed by atoms with Gasteiger partial charge < -0.3 is 10.5 Å². The summed E-state index contributed by atoms with van der Waals surface area (Å²) in [6.07, 6.45) is 7.21. The molecule has 0 amide bonds. The predicted octanol–water partition coefficient (Wildman–Crippen LogP) is 2.94. The highest BCUT2D eigenvalue weighted by molar-refractivity contribution is 5.31. The number of aryl methyl sites for hydroxylation is 1.